The zero-order valence-electron chi connectivity index (χ0n) is 12.9. The third kappa shape index (κ3) is 4.37. The minimum atomic E-state index is -0.384. The molecule has 0 saturated heterocycles. The van der Waals surface area contributed by atoms with E-state index < -0.39 is 0 Å². The van der Waals surface area contributed by atoms with E-state index in [0.29, 0.717) is 0 Å². The maximum Gasteiger partial charge on any atom is 0.230 e. The second-order valence-electron chi connectivity index (χ2n) is 5.91. The smallest absolute Gasteiger partial charge is 0.230 e. The molecule has 0 aliphatic heterocycles. The van der Waals surface area contributed by atoms with Crippen LogP contribution in [0.3, 0.4) is 0 Å². The third-order valence-electron chi connectivity index (χ3n) is 3.43. The van der Waals surface area contributed by atoms with Crippen LogP contribution in [-0.2, 0) is 9.59 Å². The molecule has 0 fully saturated rings. The highest BCUT2D eigenvalue weighted by molar-refractivity contribution is 5.95. The van der Waals surface area contributed by atoms with Crippen LogP contribution in [-0.4, -0.2) is 11.8 Å². The summed E-state index contributed by atoms with van der Waals surface area (Å²) in [6, 6.07) is 7.16. The minimum absolute atomic E-state index is 0.000957. The summed E-state index contributed by atoms with van der Waals surface area (Å²) in [6.07, 6.45) is 0.779. The predicted molar refractivity (Wildman–Crippen MR) is 82.6 cm³/mol. The molecule has 110 valence electrons. The first-order valence-corrected chi connectivity index (χ1v) is 6.98. The van der Waals surface area contributed by atoms with Crippen LogP contribution in [0.4, 0.5) is 11.4 Å². The van der Waals surface area contributed by atoms with Gasteiger partial charge >= 0.3 is 0 Å². The standard InChI is InChI=1S/C16H24N2O2/c1-6-16(4,5)15(20)18-13-9-7-12(8-10-13)17-14(19)11(2)3/h7-11H,6H2,1-5H3,(H,17,19)(H,18,20). The van der Waals surface area contributed by atoms with Crippen molar-refractivity contribution >= 4 is 23.2 Å². The average Bonchev–Trinajstić information content (AvgIpc) is 2.40. The summed E-state index contributed by atoms with van der Waals surface area (Å²) in [6.45, 7) is 9.51. The molecule has 2 N–H and O–H groups in total. The summed E-state index contributed by atoms with van der Waals surface area (Å²) >= 11 is 0. The van der Waals surface area contributed by atoms with Crippen molar-refractivity contribution in [1.82, 2.24) is 0 Å². The molecule has 1 aromatic rings. The van der Waals surface area contributed by atoms with Gasteiger partial charge in [-0.1, -0.05) is 34.6 Å². The maximum absolute atomic E-state index is 12.0. The van der Waals surface area contributed by atoms with Crippen molar-refractivity contribution in [3.63, 3.8) is 0 Å². The highest BCUT2D eigenvalue weighted by Gasteiger charge is 2.25. The molecule has 4 nitrogen and oxygen atoms in total. The van der Waals surface area contributed by atoms with Crippen LogP contribution in [0.5, 0.6) is 0 Å². The molecule has 1 rings (SSSR count). The highest BCUT2D eigenvalue weighted by atomic mass is 16.2. The topological polar surface area (TPSA) is 58.2 Å². The molecule has 0 bridgehead atoms. The van der Waals surface area contributed by atoms with Gasteiger partial charge in [-0.15, -0.1) is 0 Å². The van der Waals surface area contributed by atoms with Gasteiger partial charge in [-0.05, 0) is 30.7 Å². The molecule has 0 heterocycles. The lowest BCUT2D eigenvalue weighted by Gasteiger charge is -2.21. The zero-order valence-corrected chi connectivity index (χ0v) is 12.9. The second-order valence-corrected chi connectivity index (χ2v) is 5.91. The number of anilines is 2. The van der Waals surface area contributed by atoms with Crippen molar-refractivity contribution in [2.24, 2.45) is 11.3 Å². The number of amides is 2. The van der Waals surface area contributed by atoms with E-state index in [1.54, 1.807) is 24.3 Å². The van der Waals surface area contributed by atoms with Crippen LogP contribution in [0.1, 0.15) is 41.0 Å². The molecule has 0 unspecified atom stereocenters. The van der Waals surface area contributed by atoms with Gasteiger partial charge in [0, 0.05) is 22.7 Å². The Labute approximate surface area is 121 Å². The number of nitrogens with one attached hydrogen (secondary N) is 2. The lowest BCUT2D eigenvalue weighted by molar-refractivity contribution is -0.124. The number of hydrogen-bond acceptors (Lipinski definition) is 2. The molecular formula is C16H24N2O2. The molecular weight excluding hydrogens is 252 g/mol. The van der Waals surface area contributed by atoms with Gasteiger partial charge in [0.2, 0.25) is 11.8 Å². The first kappa shape index (κ1) is 16.2. The second kappa shape index (κ2) is 6.55. The van der Waals surface area contributed by atoms with Gasteiger partial charge in [0.1, 0.15) is 0 Å². The largest absolute Gasteiger partial charge is 0.326 e. The number of carbonyl (C=O) groups is 2. The maximum atomic E-state index is 12.0. The molecule has 0 spiro atoms. The summed E-state index contributed by atoms with van der Waals surface area (Å²) in [5.74, 6) is -0.0763. The van der Waals surface area contributed by atoms with Gasteiger partial charge in [-0.3, -0.25) is 9.59 Å². The SMILES string of the molecule is CCC(C)(C)C(=O)Nc1ccc(NC(=O)C(C)C)cc1. The highest BCUT2D eigenvalue weighted by Crippen LogP contribution is 2.23. The van der Waals surface area contributed by atoms with Crippen molar-refractivity contribution in [2.75, 3.05) is 10.6 Å². The van der Waals surface area contributed by atoms with Crippen LogP contribution < -0.4 is 10.6 Å². The Hall–Kier alpha value is -1.84. The molecule has 20 heavy (non-hydrogen) atoms. The Morgan fingerprint density at radius 3 is 1.90 bits per heavy atom. The van der Waals surface area contributed by atoms with Gasteiger partial charge < -0.3 is 10.6 Å². The quantitative estimate of drug-likeness (QED) is 0.862. The zero-order chi connectivity index (χ0) is 15.3. The van der Waals surface area contributed by atoms with Crippen LogP contribution >= 0.6 is 0 Å². The third-order valence-corrected chi connectivity index (χ3v) is 3.43. The molecule has 0 radical (unpaired) electrons. The van der Waals surface area contributed by atoms with E-state index >= 15 is 0 Å². The number of hydrogen-bond donors (Lipinski definition) is 2. The van der Waals surface area contributed by atoms with Gasteiger partial charge in [0.25, 0.3) is 0 Å². The molecule has 4 heteroatoms. The summed E-state index contributed by atoms with van der Waals surface area (Å²) in [5.41, 5.74) is 1.08. The van der Waals surface area contributed by atoms with Gasteiger partial charge in [-0.25, -0.2) is 0 Å². The summed E-state index contributed by atoms with van der Waals surface area (Å²) < 4.78 is 0. The van der Waals surface area contributed by atoms with Crippen molar-refractivity contribution < 1.29 is 9.59 Å². The van der Waals surface area contributed by atoms with Crippen LogP contribution in [0.2, 0.25) is 0 Å². The summed E-state index contributed by atoms with van der Waals surface area (Å²) in [5, 5.41) is 5.70. The predicted octanol–water partition coefficient (Wildman–Crippen LogP) is 3.66. The summed E-state index contributed by atoms with van der Waals surface area (Å²) in [7, 11) is 0. The molecule has 1 aromatic carbocycles. The minimum Gasteiger partial charge on any atom is -0.326 e. The van der Waals surface area contributed by atoms with Gasteiger partial charge in [-0.2, -0.15) is 0 Å². The van der Waals surface area contributed by atoms with Crippen molar-refractivity contribution in [3.05, 3.63) is 24.3 Å². The van der Waals surface area contributed by atoms with Crippen LogP contribution in [0.25, 0.3) is 0 Å². The van der Waals surface area contributed by atoms with E-state index in [1.807, 2.05) is 34.6 Å². The molecule has 0 atom stereocenters. The van der Waals surface area contributed by atoms with Crippen molar-refractivity contribution in [3.8, 4) is 0 Å². The number of rotatable bonds is 5. The van der Waals surface area contributed by atoms with Crippen LogP contribution in [0.15, 0.2) is 24.3 Å². The van der Waals surface area contributed by atoms with Crippen LogP contribution in [0, 0.1) is 11.3 Å². The van der Waals surface area contributed by atoms with E-state index in [2.05, 4.69) is 10.6 Å². The Morgan fingerprint density at radius 1 is 1.05 bits per heavy atom. The summed E-state index contributed by atoms with van der Waals surface area (Å²) in [4.78, 5) is 23.6. The van der Waals surface area contributed by atoms with Gasteiger partial charge in [0.05, 0.1) is 0 Å². The fraction of sp³-hybridized carbons (Fsp3) is 0.500. The van der Waals surface area contributed by atoms with E-state index in [4.69, 9.17) is 0 Å². The Bertz CT molecular complexity index is 476. The molecule has 0 aliphatic carbocycles. The molecule has 0 aromatic heterocycles. The normalized spacial score (nSPS) is 11.3. The Morgan fingerprint density at radius 2 is 1.50 bits per heavy atom. The lowest BCUT2D eigenvalue weighted by atomic mass is 9.89. The number of carbonyl (C=O) groups excluding carboxylic acids is 2. The molecule has 0 saturated carbocycles. The molecule has 2 amide bonds. The average molecular weight is 276 g/mol. The fourth-order valence-electron chi connectivity index (χ4n) is 1.38. The van der Waals surface area contributed by atoms with Gasteiger partial charge in [0.15, 0.2) is 0 Å². The van der Waals surface area contributed by atoms with E-state index in [1.165, 1.54) is 0 Å². The van der Waals surface area contributed by atoms with E-state index in [0.717, 1.165) is 17.8 Å². The van der Waals surface area contributed by atoms with Crippen molar-refractivity contribution in [2.45, 2.75) is 41.0 Å². The number of benzene rings is 1. The lowest BCUT2D eigenvalue weighted by Crippen LogP contribution is -2.29. The Balaban J connectivity index is 2.68. The Kier molecular flexibility index (Phi) is 5.31. The first-order chi connectivity index (χ1) is 9.26. The van der Waals surface area contributed by atoms with E-state index in [9.17, 15) is 9.59 Å². The van der Waals surface area contributed by atoms with E-state index in [-0.39, 0.29) is 23.1 Å². The first-order valence-electron chi connectivity index (χ1n) is 6.98. The monoisotopic (exact) mass is 276 g/mol. The molecule has 0 aliphatic rings. The fourth-order valence-corrected chi connectivity index (χ4v) is 1.38. The van der Waals surface area contributed by atoms with Crippen molar-refractivity contribution in [1.29, 1.82) is 0 Å².